The first-order chi connectivity index (χ1) is 9.56. The normalized spacial score (nSPS) is 10.2. The van der Waals surface area contributed by atoms with Crippen LogP contribution in [0, 0.1) is 20.8 Å². The van der Waals surface area contributed by atoms with Crippen LogP contribution in [0.2, 0.25) is 0 Å². The number of thiocarbonyl (C=S) groups is 1. The third-order valence-electron chi connectivity index (χ3n) is 3.33. The summed E-state index contributed by atoms with van der Waals surface area (Å²) in [6.45, 7) is 7.02. The summed E-state index contributed by atoms with van der Waals surface area (Å²) in [5.74, 6) is 0. The van der Waals surface area contributed by atoms with Crippen LogP contribution in [0.15, 0.2) is 42.5 Å². The Morgan fingerprint density at radius 3 is 2.45 bits per heavy atom. The van der Waals surface area contributed by atoms with E-state index in [4.69, 9.17) is 12.2 Å². The molecular weight excluding hydrogens is 264 g/mol. The first kappa shape index (κ1) is 14.5. The molecule has 2 aromatic rings. The highest BCUT2D eigenvalue weighted by atomic mass is 32.1. The molecule has 104 valence electrons. The highest BCUT2D eigenvalue weighted by Crippen LogP contribution is 2.16. The lowest BCUT2D eigenvalue weighted by Crippen LogP contribution is -2.28. The maximum atomic E-state index is 5.35. The monoisotopic (exact) mass is 284 g/mol. The van der Waals surface area contributed by atoms with Crippen molar-refractivity contribution in [3.63, 3.8) is 0 Å². The molecule has 2 aromatic carbocycles. The standard InChI is InChI=1S/C17H20N2S/c1-12-8-9-16(14(3)10-12)19-17(20)18-11-15-7-5-4-6-13(15)2/h4-10H,11H2,1-3H3,(H2,18,19,20). The largest absolute Gasteiger partial charge is 0.358 e. The Kier molecular flexibility index (Phi) is 4.74. The molecule has 3 heteroatoms. The predicted molar refractivity (Wildman–Crippen MR) is 90.2 cm³/mol. The molecule has 0 aliphatic rings. The first-order valence-electron chi connectivity index (χ1n) is 6.73. The van der Waals surface area contributed by atoms with Crippen LogP contribution in [0.3, 0.4) is 0 Å². The number of anilines is 1. The van der Waals surface area contributed by atoms with Gasteiger partial charge in [-0.15, -0.1) is 0 Å². The van der Waals surface area contributed by atoms with E-state index in [0.717, 1.165) is 12.2 Å². The molecule has 0 fully saturated rings. The highest BCUT2D eigenvalue weighted by Gasteiger charge is 2.02. The minimum Gasteiger partial charge on any atom is -0.358 e. The molecule has 0 bridgehead atoms. The van der Waals surface area contributed by atoms with E-state index < -0.39 is 0 Å². The maximum Gasteiger partial charge on any atom is 0.171 e. The van der Waals surface area contributed by atoms with Crippen LogP contribution in [0.4, 0.5) is 5.69 Å². The van der Waals surface area contributed by atoms with Crippen LogP contribution in [0.5, 0.6) is 0 Å². The third kappa shape index (κ3) is 3.81. The second kappa shape index (κ2) is 6.53. The minimum atomic E-state index is 0.653. The van der Waals surface area contributed by atoms with Crippen molar-refractivity contribution in [1.29, 1.82) is 0 Å². The van der Waals surface area contributed by atoms with E-state index in [1.165, 1.54) is 22.3 Å². The Labute approximate surface area is 126 Å². The van der Waals surface area contributed by atoms with Crippen molar-refractivity contribution in [3.8, 4) is 0 Å². The van der Waals surface area contributed by atoms with Crippen molar-refractivity contribution in [2.45, 2.75) is 27.3 Å². The Morgan fingerprint density at radius 1 is 1.00 bits per heavy atom. The number of hydrogen-bond donors (Lipinski definition) is 2. The molecule has 0 radical (unpaired) electrons. The van der Waals surface area contributed by atoms with E-state index in [9.17, 15) is 0 Å². The number of aryl methyl sites for hydroxylation is 3. The Bertz CT molecular complexity index is 620. The molecule has 0 saturated heterocycles. The van der Waals surface area contributed by atoms with Crippen molar-refractivity contribution >= 4 is 23.0 Å². The molecule has 0 atom stereocenters. The van der Waals surface area contributed by atoms with E-state index in [1.807, 2.05) is 12.1 Å². The summed E-state index contributed by atoms with van der Waals surface area (Å²) in [5.41, 5.74) is 6.04. The van der Waals surface area contributed by atoms with Gasteiger partial charge in [0.25, 0.3) is 0 Å². The zero-order valence-electron chi connectivity index (χ0n) is 12.2. The van der Waals surface area contributed by atoms with E-state index in [-0.39, 0.29) is 0 Å². The fourth-order valence-corrected chi connectivity index (χ4v) is 2.29. The summed E-state index contributed by atoms with van der Waals surface area (Å²) < 4.78 is 0. The van der Waals surface area contributed by atoms with E-state index in [0.29, 0.717) is 5.11 Å². The van der Waals surface area contributed by atoms with Crippen LogP contribution in [-0.4, -0.2) is 5.11 Å². The highest BCUT2D eigenvalue weighted by molar-refractivity contribution is 7.80. The van der Waals surface area contributed by atoms with Crippen molar-refractivity contribution in [1.82, 2.24) is 5.32 Å². The molecule has 0 heterocycles. The van der Waals surface area contributed by atoms with Gasteiger partial charge in [-0.05, 0) is 55.7 Å². The van der Waals surface area contributed by atoms with Crippen LogP contribution in [0.1, 0.15) is 22.3 Å². The molecule has 2 rings (SSSR count). The molecule has 2 N–H and O–H groups in total. The average molecular weight is 284 g/mol. The van der Waals surface area contributed by atoms with Gasteiger partial charge in [0.1, 0.15) is 0 Å². The van der Waals surface area contributed by atoms with Gasteiger partial charge in [0.05, 0.1) is 0 Å². The van der Waals surface area contributed by atoms with Crippen molar-refractivity contribution in [2.75, 3.05) is 5.32 Å². The van der Waals surface area contributed by atoms with E-state index >= 15 is 0 Å². The number of hydrogen-bond acceptors (Lipinski definition) is 1. The van der Waals surface area contributed by atoms with Gasteiger partial charge in [0.2, 0.25) is 0 Å². The maximum absolute atomic E-state index is 5.35. The Hall–Kier alpha value is -1.87. The van der Waals surface area contributed by atoms with Gasteiger partial charge in [-0.3, -0.25) is 0 Å². The van der Waals surface area contributed by atoms with E-state index in [2.05, 4.69) is 61.7 Å². The number of nitrogens with one attached hydrogen (secondary N) is 2. The van der Waals surface area contributed by atoms with Gasteiger partial charge in [-0.2, -0.15) is 0 Å². The summed E-state index contributed by atoms with van der Waals surface area (Å²) in [5, 5.41) is 7.15. The molecule has 0 amide bonds. The molecule has 0 unspecified atom stereocenters. The SMILES string of the molecule is Cc1ccc(NC(=S)NCc2ccccc2C)c(C)c1. The van der Waals surface area contributed by atoms with Gasteiger partial charge in [0.15, 0.2) is 5.11 Å². The smallest absolute Gasteiger partial charge is 0.171 e. The molecule has 0 aliphatic carbocycles. The fraction of sp³-hybridized carbons (Fsp3) is 0.235. The Morgan fingerprint density at radius 2 is 1.75 bits per heavy atom. The quantitative estimate of drug-likeness (QED) is 0.830. The molecule has 20 heavy (non-hydrogen) atoms. The molecular formula is C17H20N2S. The van der Waals surface area contributed by atoms with E-state index in [1.54, 1.807) is 0 Å². The van der Waals surface area contributed by atoms with Crippen LogP contribution < -0.4 is 10.6 Å². The van der Waals surface area contributed by atoms with Crippen molar-refractivity contribution in [3.05, 3.63) is 64.7 Å². The fourth-order valence-electron chi connectivity index (χ4n) is 2.10. The zero-order chi connectivity index (χ0) is 14.5. The molecule has 2 nitrogen and oxygen atoms in total. The zero-order valence-corrected chi connectivity index (χ0v) is 13.0. The molecule has 0 aromatic heterocycles. The number of benzene rings is 2. The first-order valence-corrected chi connectivity index (χ1v) is 7.13. The predicted octanol–water partition coefficient (Wildman–Crippen LogP) is 4.10. The summed E-state index contributed by atoms with van der Waals surface area (Å²) >= 11 is 5.35. The second-order valence-corrected chi connectivity index (χ2v) is 5.46. The van der Waals surface area contributed by atoms with Crippen LogP contribution in [-0.2, 0) is 6.54 Å². The topological polar surface area (TPSA) is 24.1 Å². The van der Waals surface area contributed by atoms with Crippen molar-refractivity contribution in [2.24, 2.45) is 0 Å². The minimum absolute atomic E-state index is 0.653. The van der Waals surface area contributed by atoms with Gasteiger partial charge in [-0.25, -0.2) is 0 Å². The summed E-state index contributed by atoms with van der Waals surface area (Å²) in [7, 11) is 0. The summed E-state index contributed by atoms with van der Waals surface area (Å²) in [6, 6.07) is 14.6. The lowest BCUT2D eigenvalue weighted by atomic mass is 10.1. The third-order valence-corrected chi connectivity index (χ3v) is 3.58. The lowest BCUT2D eigenvalue weighted by Gasteiger charge is -2.14. The van der Waals surface area contributed by atoms with Gasteiger partial charge < -0.3 is 10.6 Å². The molecule has 0 aliphatic heterocycles. The van der Waals surface area contributed by atoms with Crippen LogP contribution >= 0.6 is 12.2 Å². The molecule has 0 saturated carbocycles. The second-order valence-electron chi connectivity index (χ2n) is 5.05. The summed E-state index contributed by atoms with van der Waals surface area (Å²) in [6.07, 6.45) is 0. The number of rotatable bonds is 3. The Balaban J connectivity index is 1.94. The van der Waals surface area contributed by atoms with Gasteiger partial charge in [-0.1, -0.05) is 42.0 Å². The van der Waals surface area contributed by atoms with Crippen LogP contribution in [0.25, 0.3) is 0 Å². The average Bonchev–Trinajstić information content (AvgIpc) is 2.41. The van der Waals surface area contributed by atoms with Gasteiger partial charge >= 0.3 is 0 Å². The summed E-state index contributed by atoms with van der Waals surface area (Å²) in [4.78, 5) is 0. The van der Waals surface area contributed by atoms with Gasteiger partial charge in [0, 0.05) is 12.2 Å². The lowest BCUT2D eigenvalue weighted by molar-refractivity contribution is 0.915. The van der Waals surface area contributed by atoms with Crippen molar-refractivity contribution < 1.29 is 0 Å². The molecule has 0 spiro atoms.